The van der Waals surface area contributed by atoms with Gasteiger partial charge in [0.2, 0.25) is 0 Å². The largest absolute Gasteiger partial charge is 0.354 e. The first-order valence-corrected chi connectivity index (χ1v) is 3.60. The lowest BCUT2D eigenvalue weighted by Gasteiger charge is -1.89. The number of nitrogens with zero attached hydrogens (tertiary/aromatic N) is 2. The fourth-order valence-corrected chi connectivity index (χ4v) is 0.576. The van der Waals surface area contributed by atoms with Crippen LogP contribution in [0.4, 0.5) is 0 Å². The molecule has 0 spiro atoms. The van der Waals surface area contributed by atoms with Crippen molar-refractivity contribution in [3.05, 3.63) is 21.0 Å². The molecule has 0 aliphatic carbocycles. The predicted octanol–water partition coefficient (Wildman–Crippen LogP) is -0.406. The highest BCUT2D eigenvalue weighted by molar-refractivity contribution is 7.78. The zero-order valence-corrected chi connectivity index (χ0v) is 7.55. The van der Waals surface area contributed by atoms with Crippen molar-refractivity contribution in [3.8, 4) is 0 Å². The Bertz CT molecular complexity index is 291. The van der Waals surface area contributed by atoms with Crippen LogP contribution >= 0.6 is 12.8 Å². The molecular formula is C5H11N3O2S. The number of H-pyrrole nitrogens is 1. The number of nitrogens with one attached hydrogen (secondary N) is 1. The van der Waals surface area contributed by atoms with Gasteiger partial charge in [-0.15, -0.1) is 0 Å². The number of hydrogen-bond acceptors (Lipinski definition) is 3. The third-order valence-electron chi connectivity index (χ3n) is 0.974. The van der Waals surface area contributed by atoms with Gasteiger partial charge >= 0.3 is 11.4 Å². The van der Waals surface area contributed by atoms with Crippen LogP contribution in [0.5, 0.6) is 0 Å². The number of rotatable bonds is 0. The molecular weight excluding hydrogens is 166 g/mol. The van der Waals surface area contributed by atoms with E-state index in [0.29, 0.717) is 0 Å². The Labute approximate surface area is 69.2 Å². The van der Waals surface area contributed by atoms with Crippen LogP contribution in [0, 0.1) is 0 Å². The third kappa shape index (κ3) is 2.01. The highest BCUT2D eigenvalue weighted by Gasteiger charge is 1.97. The summed E-state index contributed by atoms with van der Waals surface area (Å²) in [5, 5.41) is 0. The maximum Gasteiger partial charge on any atom is 0.354 e. The van der Waals surface area contributed by atoms with E-state index in [1.807, 2.05) is 18.8 Å². The Hall–Kier alpha value is -0.910. The second-order valence-electron chi connectivity index (χ2n) is 1.55. The van der Waals surface area contributed by atoms with Gasteiger partial charge in [0.15, 0.2) is 0 Å². The Morgan fingerprint density at radius 1 is 1.27 bits per heavy atom. The molecule has 0 fully saturated rings. The summed E-state index contributed by atoms with van der Waals surface area (Å²) in [6.07, 6.45) is 0. The minimum atomic E-state index is -0.522. The van der Waals surface area contributed by atoms with Crippen molar-refractivity contribution in [1.29, 1.82) is 0 Å². The average Bonchev–Trinajstić information content (AvgIpc) is 2.22. The molecule has 0 atom stereocenters. The molecule has 5 nitrogen and oxygen atoms in total. The summed E-state index contributed by atoms with van der Waals surface area (Å²) in [6.45, 7) is 4.00. The quantitative estimate of drug-likeness (QED) is 0.529. The lowest BCUT2D eigenvalue weighted by atomic mass is 11.0. The van der Waals surface area contributed by atoms with Crippen LogP contribution < -0.4 is 11.4 Å². The van der Waals surface area contributed by atoms with E-state index in [9.17, 15) is 9.59 Å². The van der Waals surface area contributed by atoms with E-state index in [4.69, 9.17) is 0 Å². The van der Waals surface area contributed by atoms with Crippen LogP contribution in [0.2, 0.25) is 0 Å². The first-order valence-electron chi connectivity index (χ1n) is 3.20. The van der Waals surface area contributed by atoms with Crippen molar-refractivity contribution in [2.45, 2.75) is 13.8 Å². The Balaban J connectivity index is 0.000000461. The highest BCUT2D eigenvalue weighted by atomic mass is 32.1. The van der Waals surface area contributed by atoms with E-state index < -0.39 is 11.4 Å². The molecule has 64 valence electrons. The summed E-state index contributed by atoms with van der Waals surface area (Å²) in [7, 11) is 1.44. The lowest BCUT2D eigenvalue weighted by molar-refractivity contribution is 0.693. The van der Waals surface area contributed by atoms with E-state index >= 15 is 0 Å². The highest BCUT2D eigenvalue weighted by Crippen LogP contribution is 1.70. The molecule has 0 saturated heterocycles. The van der Waals surface area contributed by atoms with Crippen LogP contribution in [-0.4, -0.2) is 13.8 Å². The Morgan fingerprint density at radius 2 is 1.73 bits per heavy atom. The van der Waals surface area contributed by atoms with Gasteiger partial charge in [0, 0.05) is 7.05 Å². The molecule has 0 radical (unpaired) electrons. The van der Waals surface area contributed by atoms with Crippen LogP contribution in [0.15, 0.2) is 9.59 Å². The molecule has 1 rings (SSSR count). The third-order valence-corrected chi connectivity index (χ3v) is 1.42. The summed E-state index contributed by atoms with van der Waals surface area (Å²) in [5.41, 5.74) is -0.985. The molecule has 6 heteroatoms. The summed E-state index contributed by atoms with van der Waals surface area (Å²) in [5.74, 6) is 0. The van der Waals surface area contributed by atoms with E-state index in [1.54, 1.807) is 0 Å². The van der Waals surface area contributed by atoms with Gasteiger partial charge in [-0.2, -0.15) is 4.09 Å². The maximum absolute atomic E-state index is 10.5. The first-order chi connectivity index (χ1) is 5.13. The average molecular weight is 177 g/mol. The topological polar surface area (TPSA) is 59.8 Å². The van der Waals surface area contributed by atoms with Gasteiger partial charge in [-0.1, -0.05) is 13.8 Å². The summed E-state index contributed by atoms with van der Waals surface area (Å²) in [4.78, 5) is 23.0. The Morgan fingerprint density at radius 3 is 1.82 bits per heavy atom. The van der Waals surface area contributed by atoms with Gasteiger partial charge in [-0.3, -0.25) is 4.98 Å². The smallest absolute Gasteiger partial charge is 0.256 e. The fourth-order valence-electron chi connectivity index (χ4n) is 0.445. The summed E-state index contributed by atoms with van der Waals surface area (Å²) >= 11 is 3.67. The zero-order chi connectivity index (χ0) is 9.02. The fraction of sp³-hybridized carbons (Fsp3) is 0.600. The van der Waals surface area contributed by atoms with Crippen molar-refractivity contribution < 1.29 is 0 Å². The lowest BCUT2D eigenvalue weighted by Crippen LogP contribution is -2.16. The number of aromatic amines is 1. The second kappa shape index (κ2) is 4.07. The monoisotopic (exact) mass is 177 g/mol. The predicted molar refractivity (Wildman–Crippen MR) is 46.0 cm³/mol. The van der Waals surface area contributed by atoms with Crippen LogP contribution in [0.1, 0.15) is 13.8 Å². The minimum Gasteiger partial charge on any atom is -0.256 e. The standard InChI is InChI=1S/C3H5N3O2S.C2H6/c1-5-2(7)4-3(8)6(5)9;1-2/h9H,1H3,(H,4,7,8);1-2H3. The van der Waals surface area contributed by atoms with Crippen LogP contribution in [-0.2, 0) is 7.05 Å². The minimum absolute atomic E-state index is 0.463. The molecule has 0 amide bonds. The zero-order valence-electron chi connectivity index (χ0n) is 6.66. The van der Waals surface area contributed by atoms with Gasteiger partial charge in [0.25, 0.3) is 0 Å². The van der Waals surface area contributed by atoms with Crippen molar-refractivity contribution in [2.24, 2.45) is 7.05 Å². The molecule has 0 aromatic carbocycles. The van der Waals surface area contributed by atoms with E-state index in [2.05, 4.69) is 12.8 Å². The van der Waals surface area contributed by atoms with E-state index in [0.717, 1.165) is 8.77 Å². The van der Waals surface area contributed by atoms with E-state index in [1.165, 1.54) is 7.05 Å². The van der Waals surface area contributed by atoms with Gasteiger partial charge in [-0.25, -0.2) is 14.3 Å². The van der Waals surface area contributed by atoms with Gasteiger partial charge < -0.3 is 0 Å². The molecule has 11 heavy (non-hydrogen) atoms. The summed E-state index contributed by atoms with van der Waals surface area (Å²) in [6, 6.07) is 0. The SMILES string of the molecule is CC.Cn1c(=O)[nH]c(=O)n1S. The van der Waals surface area contributed by atoms with Gasteiger partial charge in [0.05, 0.1) is 0 Å². The van der Waals surface area contributed by atoms with Crippen molar-refractivity contribution in [3.63, 3.8) is 0 Å². The molecule has 0 saturated carbocycles. The maximum atomic E-state index is 10.5. The molecule has 0 aliphatic heterocycles. The van der Waals surface area contributed by atoms with E-state index in [-0.39, 0.29) is 0 Å². The molecule has 1 aromatic rings. The van der Waals surface area contributed by atoms with Crippen molar-refractivity contribution >= 4 is 12.8 Å². The molecule has 0 aliphatic rings. The normalized spacial score (nSPS) is 8.73. The molecule has 0 unspecified atom stereocenters. The number of thiol groups is 1. The second-order valence-corrected chi connectivity index (χ2v) is 1.93. The van der Waals surface area contributed by atoms with Crippen LogP contribution in [0.25, 0.3) is 0 Å². The molecule has 1 aromatic heterocycles. The van der Waals surface area contributed by atoms with Gasteiger partial charge in [-0.05, 0) is 12.8 Å². The molecule has 0 bridgehead atoms. The Kier molecular flexibility index (Phi) is 3.73. The van der Waals surface area contributed by atoms with Gasteiger partial charge in [0.1, 0.15) is 0 Å². The number of aromatic nitrogens is 3. The molecule has 1 N–H and O–H groups in total. The summed E-state index contributed by atoms with van der Waals surface area (Å²) < 4.78 is 1.95. The van der Waals surface area contributed by atoms with Crippen LogP contribution in [0.3, 0.4) is 0 Å². The molecule has 1 heterocycles. The number of hydrogen-bond donors (Lipinski definition) is 2. The van der Waals surface area contributed by atoms with Crippen molar-refractivity contribution in [2.75, 3.05) is 0 Å². The van der Waals surface area contributed by atoms with Crippen molar-refractivity contribution in [1.82, 2.24) is 13.8 Å². The first kappa shape index (κ1) is 10.1.